The first-order valence-corrected chi connectivity index (χ1v) is 6.28. The first-order valence-electron chi connectivity index (χ1n) is 5.90. The quantitative estimate of drug-likeness (QED) is 0.610. The Morgan fingerprint density at radius 2 is 2.00 bits per heavy atom. The number of nitrogens with two attached hydrogens (primary N) is 1. The van der Waals surface area contributed by atoms with Crippen LogP contribution >= 0.6 is 11.6 Å². The molecule has 1 aliphatic heterocycles. The van der Waals surface area contributed by atoms with Crippen molar-refractivity contribution in [3.63, 3.8) is 0 Å². The third-order valence-corrected chi connectivity index (χ3v) is 3.73. The van der Waals surface area contributed by atoms with Crippen molar-refractivity contribution in [1.82, 2.24) is 0 Å². The second-order valence-corrected chi connectivity index (χ2v) is 6.03. The maximum absolute atomic E-state index is 6.46. The van der Waals surface area contributed by atoms with Crippen LogP contribution in [0.2, 0.25) is 0 Å². The number of alkyl halides is 1. The summed E-state index contributed by atoms with van der Waals surface area (Å²) in [5.74, 6) is 3.44. The lowest BCUT2D eigenvalue weighted by molar-refractivity contribution is 0.00472. The third-order valence-electron chi connectivity index (χ3n) is 3.15. The van der Waals surface area contributed by atoms with E-state index in [2.05, 4.69) is 33.6 Å². The normalized spacial score (nSPS) is 39.3. The number of hydrogen-bond donors (Lipinski definition) is 1. The minimum atomic E-state index is -0.853. The van der Waals surface area contributed by atoms with Crippen LogP contribution in [0.3, 0.4) is 0 Å². The lowest BCUT2D eigenvalue weighted by Gasteiger charge is -2.27. The molecule has 2 N–H and O–H groups in total. The Hall–Kier alpha value is -0.230. The Bertz CT molecular complexity index is 284. The molecule has 0 aromatic rings. The maximum Gasteiger partial charge on any atom is 0.148 e. The number of ether oxygens (including phenoxy) is 1. The monoisotopic (exact) mass is 243 g/mol. The van der Waals surface area contributed by atoms with Gasteiger partial charge in [-0.3, -0.25) is 0 Å². The van der Waals surface area contributed by atoms with Crippen LogP contribution < -0.4 is 5.73 Å². The molecular formula is C13H22ClNO. The minimum Gasteiger partial charge on any atom is -0.370 e. The summed E-state index contributed by atoms with van der Waals surface area (Å²) in [4.78, 5) is -0.853. The van der Waals surface area contributed by atoms with E-state index in [4.69, 9.17) is 28.5 Å². The summed E-state index contributed by atoms with van der Waals surface area (Å²) in [6, 6.07) is -0.283. The van der Waals surface area contributed by atoms with Crippen LogP contribution in [0.25, 0.3) is 0 Å². The second-order valence-electron chi connectivity index (χ2n) is 5.41. The predicted molar refractivity (Wildman–Crippen MR) is 68.3 cm³/mol. The highest BCUT2D eigenvalue weighted by Crippen LogP contribution is 2.40. The van der Waals surface area contributed by atoms with E-state index in [0.29, 0.717) is 5.92 Å². The van der Waals surface area contributed by atoms with E-state index in [0.717, 1.165) is 6.42 Å². The lowest BCUT2D eigenvalue weighted by Crippen LogP contribution is -2.49. The summed E-state index contributed by atoms with van der Waals surface area (Å²) < 4.78 is 5.95. The molecule has 1 saturated heterocycles. The minimum absolute atomic E-state index is 0.0269. The van der Waals surface area contributed by atoms with Crippen LogP contribution in [0, 0.1) is 24.2 Å². The molecule has 1 rings (SSSR count). The third kappa shape index (κ3) is 2.37. The highest BCUT2D eigenvalue weighted by Gasteiger charge is 2.53. The van der Waals surface area contributed by atoms with Crippen molar-refractivity contribution in [3.05, 3.63) is 0 Å². The molecule has 3 heteroatoms. The smallest absolute Gasteiger partial charge is 0.148 e. The van der Waals surface area contributed by atoms with Gasteiger partial charge in [-0.2, -0.15) is 0 Å². The number of hydrogen-bond acceptors (Lipinski definition) is 2. The average Bonchev–Trinajstić information content (AvgIpc) is 2.43. The number of terminal acetylenes is 1. The lowest BCUT2D eigenvalue weighted by atomic mass is 9.87. The first-order chi connectivity index (χ1) is 7.32. The van der Waals surface area contributed by atoms with E-state index in [1.807, 2.05) is 0 Å². The van der Waals surface area contributed by atoms with Crippen LogP contribution in [0.1, 0.15) is 34.1 Å². The van der Waals surface area contributed by atoms with Crippen molar-refractivity contribution in [1.29, 1.82) is 0 Å². The summed E-state index contributed by atoms with van der Waals surface area (Å²) in [5, 5.41) is 0. The van der Waals surface area contributed by atoms with Crippen LogP contribution in [0.15, 0.2) is 0 Å². The Balaban J connectivity index is 2.88. The van der Waals surface area contributed by atoms with Crippen LogP contribution in [-0.4, -0.2) is 23.1 Å². The Morgan fingerprint density at radius 3 is 2.31 bits per heavy atom. The van der Waals surface area contributed by atoms with Gasteiger partial charge in [0.05, 0.1) is 18.2 Å². The Labute approximate surface area is 104 Å². The molecule has 0 bridgehead atoms. The number of rotatable bonds is 3. The molecule has 1 heterocycles. The first kappa shape index (κ1) is 13.8. The van der Waals surface area contributed by atoms with E-state index >= 15 is 0 Å². The van der Waals surface area contributed by atoms with Crippen molar-refractivity contribution >= 4 is 11.6 Å². The molecule has 0 unspecified atom stereocenters. The molecule has 16 heavy (non-hydrogen) atoms. The molecule has 0 aromatic carbocycles. The van der Waals surface area contributed by atoms with Gasteiger partial charge in [-0.05, 0) is 18.3 Å². The van der Waals surface area contributed by atoms with Crippen molar-refractivity contribution in [2.24, 2.45) is 17.6 Å². The van der Waals surface area contributed by atoms with Gasteiger partial charge in [-0.1, -0.05) is 33.6 Å². The van der Waals surface area contributed by atoms with E-state index in [1.54, 1.807) is 0 Å². The molecule has 0 radical (unpaired) electrons. The van der Waals surface area contributed by atoms with Gasteiger partial charge >= 0.3 is 0 Å². The molecule has 0 aliphatic carbocycles. The molecule has 4 atom stereocenters. The topological polar surface area (TPSA) is 35.2 Å². The van der Waals surface area contributed by atoms with Gasteiger partial charge in [0.15, 0.2) is 0 Å². The van der Waals surface area contributed by atoms with E-state index < -0.39 is 4.87 Å². The van der Waals surface area contributed by atoms with Crippen LogP contribution in [0.5, 0.6) is 0 Å². The van der Waals surface area contributed by atoms with Gasteiger partial charge in [0.2, 0.25) is 0 Å². The van der Waals surface area contributed by atoms with Gasteiger partial charge in [-0.15, -0.1) is 18.0 Å². The van der Waals surface area contributed by atoms with Crippen LogP contribution in [0.4, 0.5) is 0 Å². The molecule has 2 nitrogen and oxygen atoms in total. The van der Waals surface area contributed by atoms with Gasteiger partial charge in [0.1, 0.15) is 4.87 Å². The Morgan fingerprint density at radius 1 is 1.44 bits per heavy atom. The Kier molecular flexibility index (Phi) is 4.29. The number of halogens is 1. The van der Waals surface area contributed by atoms with Crippen molar-refractivity contribution in [2.45, 2.75) is 57.2 Å². The largest absolute Gasteiger partial charge is 0.370 e. The highest BCUT2D eigenvalue weighted by molar-refractivity contribution is 6.27. The summed E-state index contributed by atoms with van der Waals surface area (Å²) in [7, 11) is 0. The molecule has 0 amide bonds. The zero-order valence-corrected chi connectivity index (χ0v) is 11.3. The molecule has 1 aliphatic rings. The van der Waals surface area contributed by atoms with E-state index in [1.165, 1.54) is 0 Å². The summed E-state index contributed by atoms with van der Waals surface area (Å²) >= 11 is 6.46. The van der Waals surface area contributed by atoms with Gasteiger partial charge in [-0.25, -0.2) is 0 Å². The van der Waals surface area contributed by atoms with E-state index in [9.17, 15) is 0 Å². The molecule has 92 valence electrons. The maximum atomic E-state index is 6.46. The fourth-order valence-corrected chi connectivity index (χ4v) is 2.76. The fraction of sp³-hybridized carbons (Fsp3) is 0.846. The SMILES string of the molecule is C#C[C@@]1(Cl)[C@H](N)[C@@H](CC(C)C)O[C@H]1C(C)C. The molecule has 0 aromatic heterocycles. The van der Waals surface area contributed by atoms with Crippen LogP contribution in [-0.2, 0) is 4.74 Å². The predicted octanol–water partition coefficient (Wildman–Crippen LogP) is 2.39. The van der Waals surface area contributed by atoms with Gasteiger partial charge < -0.3 is 10.5 Å². The zero-order valence-electron chi connectivity index (χ0n) is 10.5. The summed E-state index contributed by atoms with van der Waals surface area (Å²) in [6.45, 7) is 8.41. The van der Waals surface area contributed by atoms with Crippen molar-refractivity contribution in [3.8, 4) is 12.3 Å². The van der Waals surface area contributed by atoms with Gasteiger partial charge in [0, 0.05) is 0 Å². The molecule has 1 fully saturated rings. The van der Waals surface area contributed by atoms with E-state index in [-0.39, 0.29) is 24.2 Å². The van der Waals surface area contributed by atoms with Crippen molar-refractivity contribution < 1.29 is 4.74 Å². The summed E-state index contributed by atoms with van der Waals surface area (Å²) in [6.07, 6.45) is 6.26. The van der Waals surface area contributed by atoms with Gasteiger partial charge in [0.25, 0.3) is 0 Å². The van der Waals surface area contributed by atoms with Crippen molar-refractivity contribution in [2.75, 3.05) is 0 Å². The standard InChI is InChI=1S/C13H22ClNO/c1-6-13(14)11(15)10(7-8(2)3)16-12(13)9(4)5/h1,8-12H,7,15H2,2-5H3/t10-,11-,12+,13-/m1/s1. The summed E-state index contributed by atoms with van der Waals surface area (Å²) in [5.41, 5.74) is 6.15. The highest BCUT2D eigenvalue weighted by atomic mass is 35.5. The fourth-order valence-electron chi connectivity index (χ4n) is 2.32. The molecule has 0 saturated carbocycles. The average molecular weight is 244 g/mol. The zero-order chi connectivity index (χ0) is 12.5. The molecule has 0 spiro atoms. The molecular weight excluding hydrogens is 222 g/mol. The second kappa shape index (κ2) is 4.96.